The third kappa shape index (κ3) is 5.06. The minimum absolute atomic E-state index is 0.301. The fourth-order valence-electron chi connectivity index (χ4n) is 2.38. The largest absolute Gasteiger partial charge is 0.335 e. The van der Waals surface area contributed by atoms with E-state index >= 15 is 0 Å². The average molecular weight is 307 g/mol. The summed E-state index contributed by atoms with van der Waals surface area (Å²) in [6.07, 6.45) is 2.08. The smallest absolute Gasteiger partial charge is 0.161 e. The highest BCUT2D eigenvalue weighted by molar-refractivity contribution is 8.13. The lowest BCUT2D eigenvalue weighted by Gasteiger charge is -2.22. The van der Waals surface area contributed by atoms with Crippen LogP contribution in [0.15, 0.2) is 17.1 Å². The van der Waals surface area contributed by atoms with E-state index in [0.29, 0.717) is 17.9 Å². The number of aryl methyl sites for hydroxylation is 1. The van der Waals surface area contributed by atoms with Crippen LogP contribution >= 0.6 is 11.8 Å². The number of nitrogens with zero attached hydrogens (tertiary/aromatic N) is 1. The normalized spacial score (nSPS) is 12.6. The first-order valence-corrected chi connectivity index (χ1v) is 9.02. The van der Waals surface area contributed by atoms with Crippen molar-refractivity contribution in [1.29, 1.82) is 0 Å². The van der Waals surface area contributed by atoms with Crippen molar-refractivity contribution in [2.75, 3.05) is 11.6 Å². The van der Waals surface area contributed by atoms with Crippen molar-refractivity contribution in [3.05, 3.63) is 28.8 Å². The zero-order chi connectivity index (χ0) is 16.2. The molecule has 0 radical (unpaired) electrons. The molecule has 1 rings (SSSR count). The Morgan fingerprint density at radius 1 is 1.00 bits per heavy atom. The first kappa shape index (κ1) is 18.1. The average Bonchev–Trinajstić information content (AvgIpc) is 2.38. The molecule has 0 spiro atoms. The quantitative estimate of drug-likeness (QED) is 0.563. The van der Waals surface area contributed by atoms with Gasteiger partial charge in [0.05, 0.1) is 0 Å². The third-order valence-corrected chi connectivity index (χ3v) is 3.98. The molecule has 2 nitrogen and oxygen atoms in total. The summed E-state index contributed by atoms with van der Waals surface area (Å²) < 4.78 is 0. The summed E-state index contributed by atoms with van der Waals surface area (Å²) in [4.78, 5) is 4.68. The summed E-state index contributed by atoms with van der Waals surface area (Å²) in [6.45, 7) is 15.4. The maximum absolute atomic E-state index is 4.68. The van der Waals surface area contributed by atoms with Crippen molar-refractivity contribution in [3.63, 3.8) is 0 Å². The highest BCUT2D eigenvalue weighted by Crippen LogP contribution is 2.34. The molecule has 0 heterocycles. The standard InChI is InChI=1S/C18H30N2S/c1-11(2)15-9-14(7)10-16(12(3)4)17(15)20-18(21-8)19-13(5)6/h9-13H,1-8H3,(H,19,20). The lowest BCUT2D eigenvalue weighted by Crippen LogP contribution is -2.15. The van der Waals surface area contributed by atoms with Crippen molar-refractivity contribution in [3.8, 4) is 0 Å². The van der Waals surface area contributed by atoms with Crippen LogP contribution in [-0.2, 0) is 0 Å². The van der Waals surface area contributed by atoms with Gasteiger partial charge in [-0.3, -0.25) is 4.99 Å². The van der Waals surface area contributed by atoms with Gasteiger partial charge in [-0.25, -0.2) is 0 Å². The van der Waals surface area contributed by atoms with E-state index in [9.17, 15) is 0 Å². The van der Waals surface area contributed by atoms with Gasteiger partial charge in [0.25, 0.3) is 0 Å². The highest BCUT2D eigenvalue weighted by atomic mass is 32.2. The second-order valence-electron chi connectivity index (χ2n) is 6.48. The van der Waals surface area contributed by atoms with E-state index in [1.54, 1.807) is 11.8 Å². The Morgan fingerprint density at radius 3 is 1.81 bits per heavy atom. The van der Waals surface area contributed by atoms with Crippen LogP contribution in [0.1, 0.15) is 70.1 Å². The molecule has 0 bridgehead atoms. The molecule has 0 fully saturated rings. The van der Waals surface area contributed by atoms with Gasteiger partial charge in [-0.1, -0.05) is 57.2 Å². The van der Waals surface area contributed by atoms with Crippen LogP contribution in [0.25, 0.3) is 0 Å². The Hall–Kier alpha value is -0.960. The Kier molecular flexibility index (Phi) is 6.79. The van der Waals surface area contributed by atoms with Crippen LogP contribution in [-0.4, -0.2) is 17.5 Å². The minimum Gasteiger partial charge on any atom is -0.335 e. The summed E-state index contributed by atoms with van der Waals surface area (Å²) in [5, 5.41) is 4.60. The molecule has 21 heavy (non-hydrogen) atoms. The maximum Gasteiger partial charge on any atom is 0.161 e. The molecule has 118 valence electrons. The van der Waals surface area contributed by atoms with E-state index in [-0.39, 0.29) is 0 Å². The van der Waals surface area contributed by atoms with Gasteiger partial charge in [-0.2, -0.15) is 0 Å². The van der Waals surface area contributed by atoms with E-state index in [0.717, 1.165) is 5.17 Å². The number of aliphatic imine (C=N–C) groups is 1. The Balaban J connectivity index is 3.37. The molecule has 0 aliphatic carbocycles. The number of amidine groups is 1. The monoisotopic (exact) mass is 306 g/mol. The van der Waals surface area contributed by atoms with E-state index in [2.05, 4.69) is 77.2 Å². The first-order chi connectivity index (χ1) is 9.76. The molecule has 0 aromatic heterocycles. The predicted molar refractivity (Wildman–Crippen MR) is 99.1 cm³/mol. The third-order valence-electron chi connectivity index (χ3n) is 3.39. The summed E-state index contributed by atoms with van der Waals surface area (Å²) >= 11 is 1.68. The number of thioether (sulfide) groups is 1. The summed E-state index contributed by atoms with van der Waals surface area (Å²) in [7, 11) is 0. The number of nitrogens with one attached hydrogen (secondary N) is 1. The van der Waals surface area contributed by atoms with Crippen molar-refractivity contribution in [1.82, 2.24) is 0 Å². The number of rotatable bonds is 4. The molecule has 0 aliphatic rings. The van der Waals surface area contributed by atoms with Crippen LogP contribution in [0.3, 0.4) is 0 Å². The van der Waals surface area contributed by atoms with Crippen molar-refractivity contribution < 1.29 is 0 Å². The fourth-order valence-corrected chi connectivity index (χ4v) is 2.90. The molecular formula is C18H30N2S. The van der Waals surface area contributed by atoms with Gasteiger partial charge in [0.2, 0.25) is 0 Å². The van der Waals surface area contributed by atoms with Gasteiger partial charge in [-0.05, 0) is 50.0 Å². The molecular weight excluding hydrogens is 276 g/mol. The molecule has 0 aliphatic heterocycles. The fraction of sp³-hybridized carbons (Fsp3) is 0.611. The first-order valence-electron chi connectivity index (χ1n) is 7.79. The second-order valence-corrected chi connectivity index (χ2v) is 7.28. The zero-order valence-electron chi connectivity index (χ0n) is 14.7. The lowest BCUT2D eigenvalue weighted by molar-refractivity contribution is 0.831. The van der Waals surface area contributed by atoms with Gasteiger partial charge < -0.3 is 5.32 Å². The van der Waals surface area contributed by atoms with Gasteiger partial charge in [0.15, 0.2) is 5.17 Å². The molecule has 1 aromatic carbocycles. The Labute approximate surface area is 134 Å². The van der Waals surface area contributed by atoms with Gasteiger partial charge in [0.1, 0.15) is 0 Å². The van der Waals surface area contributed by atoms with Crippen LogP contribution in [0.5, 0.6) is 0 Å². The van der Waals surface area contributed by atoms with Crippen LogP contribution in [0.4, 0.5) is 5.69 Å². The summed E-state index contributed by atoms with van der Waals surface area (Å²) in [5.74, 6) is 0.985. The van der Waals surface area contributed by atoms with Gasteiger partial charge in [0, 0.05) is 11.7 Å². The van der Waals surface area contributed by atoms with Crippen LogP contribution in [0, 0.1) is 6.92 Å². The lowest BCUT2D eigenvalue weighted by atomic mass is 9.90. The maximum atomic E-state index is 4.68. The molecule has 0 saturated heterocycles. The number of hydrogen-bond donors (Lipinski definition) is 1. The molecule has 3 heteroatoms. The van der Waals surface area contributed by atoms with E-state index in [1.807, 2.05) is 0 Å². The topological polar surface area (TPSA) is 24.4 Å². The molecule has 0 saturated carbocycles. The molecule has 0 amide bonds. The summed E-state index contributed by atoms with van der Waals surface area (Å²) in [5.41, 5.74) is 5.34. The van der Waals surface area contributed by atoms with Crippen molar-refractivity contribution in [2.45, 2.75) is 66.3 Å². The molecule has 1 N–H and O–H groups in total. The highest BCUT2D eigenvalue weighted by Gasteiger charge is 2.16. The van der Waals surface area contributed by atoms with Crippen LogP contribution < -0.4 is 5.32 Å². The zero-order valence-corrected chi connectivity index (χ0v) is 15.6. The summed E-state index contributed by atoms with van der Waals surface area (Å²) in [6, 6.07) is 4.90. The molecule has 0 atom stereocenters. The van der Waals surface area contributed by atoms with E-state index < -0.39 is 0 Å². The van der Waals surface area contributed by atoms with Crippen molar-refractivity contribution in [2.24, 2.45) is 4.99 Å². The number of anilines is 1. The predicted octanol–water partition coefficient (Wildman–Crippen LogP) is 5.78. The van der Waals surface area contributed by atoms with Crippen LogP contribution in [0.2, 0.25) is 0 Å². The number of benzene rings is 1. The van der Waals surface area contributed by atoms with Crippen molar-refractivity contribution >= 4 is 22.6 Å². The van der Waals surface area contributed by atoms with E-state index in [4.69, 9.17) is 0 Å². The van der Waals surface area contributed by atoms with Gasteiger partial charge in [-0.15, -0.1) is 0 Å². The SMILES string of the molecule is CSC(=NC(C)C)Nc1c(C(C)C)cc(C)cc1C(C)C. The second kappa shape index (κ2) is 7.88. The van der Waals surface area contributed by atoms with E-state index in [1.165, 1.54) is 22.4 Å². The minimum atomic E-state index is 0.301. The Bertz CT molecular complexity index is 473. The number of hydrogen-bond acceptors (Lipinski definition) is 2. The Morgan fingerprint density at radius 2 is 1.48 bits per heavy atom. The van der Waals surface area contributed by atoms with Gasteiger partial charge >= 0.3 is 0 Å². The molecule has 0 unspecified atom stereocenters. The molecule has 1 aromatic rings.